The number of sulfonamides is 1. The molecule has 40 heavy (non-hydrogen) atoms. The van der Waals surface area contributed by atoms with Crippen molar-refractivity contribution in [3.8, 4) is 17.0 Å². The zero-order valence-corrected chi connectivity index (χ0v) is 23.7. The number of aromatic nitrogens is 2. The summed E-state index contributed by atoms with van der Waals surface area (Å²) < 4.78 is 77.1. The molecule has 0 spiro atoms. The summed E-state index contributed by atoms with van der Waals surface area (Å²) in [4.78, 5) is 10.3. The summed E-state index contributed by atoms with van der Waals surface area (Å²) in [6, 6.07) is 6.92. The summed E-state index contributed by atoms with van der Waals surface area (Å²) in [7, 11) is -3.58. The Balaban J connectivity index is 1.46. The van der Waals surface area contributed by atoms with Crippen LogP contribution in [0.3, 0.4) is 0 Å². The van der Waals surface area contributed by atoms with Crippen LogP contribution in [0.4, 0.5) is 36.2 Å². The van der Waals surface area contributed by atoms with Crippen LogP contribution < -0.4 is 19.3 Å². The summed E-state index contributed by atoms with van der Waals surface area (Å²) in [5, 5.41) is 2.83. The van der Waals surface area contributed by atoms with Gasteiger partial charge in [0.15, 0.2) is 17.4 Å². The molecule has 0 saturated carbocycles. The second-order valence-electron chi connectivity index (χ2n) is 10.8. The molecular weight excluding hydrogens is 543 g/mol. The van der Waals surface area contributed by atoms with E-state index in [-0.39, 0.29) is 52.7 Å². The molecule has 0 aliphatic carbocycles. The lowest BCUT2D eigenvalue weighted by atomic mass is 10.00. The van der Waals surface area contributed by atoms with Gasteiger partial charge in [0.2, 0.25) is 16.0 Å². The molecule has 1 fully saturated rings. The lowest BCUT2D eigenvalue weighted by Crippen LogP contribution is -2.50. The fraction of sp³-hybridized carbons (Fsp3) is 0.429. The third kappa shape index (κ3) is 5.41. The maximum Gasteiger partial charge on any atom is 0.235 e. The van der Waals surface area contributed by atoms with Crippen LogP contribution in [0.2, 0.25) is 0 Å². The van der Waals surface area contributed by atoms with Crippen molar-refractivity contribution in [1.29, 1.82) is 0 Å². The van der Waals surface area contributed by atoms with Crippen LogP contribution in [-0.4, -0.2) is 48.9 Å². The fourth-order valence-corrected chi connectivity index (χ4v) is 6.70. The quantitative estimate of drug-likeness (QED) is 0.385. The van der Waals surface area contributed by atoms with Crippen LogP contribution >= 0.6 is 0 Å². The Bertz CT molecular complexity index is 1550. The molecule has 12 heteroatoms. The molecule has 1 atom stereocenters. The van der Waals surface area contributed by atoms with Gasteiger partial charge >= 0.3 is 0 Å². The van der Waals surface area contributed by atoms with Gasteiger partial charge in [0.05, 0.1) is 29.9 Å². The number of halogens is 3. The average molecular weight is 576 g/mol. The first-order valence-corrected chi connectivity index (χ1v) is 14.9. The number of hydrogen-bond donors (Lipinski definition) is 1. The number of fused-ring (bicyclic) bond motifs is 1. The highest BCUT2D eigenvalue weighted by Gasteiger charge is 2.36. The van der Waals surface area contributed by atoms with Gasteiger partial charge in [-0.3, -0.25) is 4.31 Å². The van der Waals surface area contributed by atoms with Crippen molar-refractivity contribution in [3.63, 3.8) is 0 Å². The molecule has 0 bridgehead atoms. The van der Waals surface area contributed by atoms with Gasteiger partial charge < -0.3 is 15.0 Å². The summed E-state index contributed by atoms with van der Waals surface area (Å²) >= 11 is 0. The molecule has 2 aliphatic rings. The van der Waals surface area contributed by atoms with Crippen LogP contribution in [0.1, 0.15) is 47.0 Å². The topological polar surface area (TPSA) is 87.7 Å². The van der Waals surface area contributed by atoms with Crippen molar-refractivity contribution in [2.75, 3.05) is 33.4 Å². The molecule has 1 saturated heterocycles. The monoisotopic (exact) mass is 575 g/mol. The van der Waals surface area contributed by atoms with Crippen LogP contribution in [0.15, 0.2) is 36.5 Å². The molecule has 2 aromatic carbocycles. The standard InChI is InChI=1S/C28H32F3N5O3S/c1-5-17(2)35-16-28(3,4)39-26-21(30)12-18(13-24(26)35)25-22(31)15-32-27(34-25)33-19-8-9-23(20(29)14-19)36-10-6-7-11-40(36,37)38/h8-9,12-15,17H,5-7,10-11,16H2,1-4H3,(H,32,33,34). The number of nitrogens with zero attached hydrogens (tertiary/aromatic N) is 4. The lowest BCUT2D eigenvalue weighted by molar-refractivity contribution is 0.0960. The van der Waals surface area contributed by atoms with E-state index in [1.165, 1.54) is 18.2 Å². The van der Waals surface area contributed by atoms with E-state index in [4.69, 9.17) is 4.74 Å². The van der Waals surface area contributed by atoms with Gasteiger partial charge in [0.1, 0.15) is 17.1 Å². The van der Waals surface area contributed by atoms with E-state index in [2.05, 4.69) is 20.2 Å². The molecule has 8 nitrogen and oxygen atoms in total. The third-order valence-corrected chi connectivity index (χ3v) is 9.08. The van der Waals surface area contributed by atoms with E-state index in [9.17, 15) is 17.2 Å². The van der Waals surface area contributed by atoms with E-state index in [1.54, 1.807) is 6.07 Å². The molecule has 5 rings (SSSR count). The summed E-state index contributed by atoms with van der Waals surface area (Å²) in [5.74, 6) is -2.08. The smallest absolute Gasteiger partial charge is 0.235 e. The highest BCUT2D eigenvalue weighted by Crippen LogP contribution is 2.43. The molecule has 214 valence electrons. The number of rotatable bonds is 6. The Morgan fingerprint density at radius 1 is 1.07 bits per heavy atom. The minimum atomic E-state index is -3.58. The predicted octanol–water partition coefficient (Wildman–Crippen LogP) is 6.01. The second-order valence-corrected chi connectivity index (χ2v) is 12.8. The first-order valence-electron chi connectivity index (χ1n) is 13.3. The Labute approximate surface area is 232 Å². The second kappa shape index (κ2) is 10.5. The van der Waals surface area contributed by atoms with Crippen molar-refractivity contribution < 1.29 is 26.3 Å². The molecule has 1 N–H and O–H groups in total. The van der Waals surface area contributed by atoms with Gasteiger partial charge in [0.25, 0.3) is 0 Å². The molecule has 0 radical (unpaired) electrons. The van der Waals surface area contributed by atoms with Crippen molar-refractivity contribution in [2.45, 2.75) is 58.6 Å². The van der Waals surface area contributed by atoms with E-state index in [0.29, 0.717) is 25.1 Å². The Morgan fingerprint density at radius 2 is 1.85 bits per heavy atom. The normalized spacial score (nSPS) is 18.6. The zero-order chi connectivity index (χ0) is 28.8. The Hall–Kier alpha value is -3.54. The summed E-state index contributed by atoms with van der Waals surface area (Å²) in [5.41, 5.74) is 0.174. The number of hydrogen-bond acceptors (Lipinski definition) is 7. The molecule has 0 amide bonds. The van der Waals surface area contributed by atoms with Crippen molar-refractivity contribution in [3.05, 3.63) is 54.0 Å². The first-order chi connectivity index (χ1) is 18.9. The molecular formula is C28H32F3N5O3S. The van der Waals surface area contributed by atoms with E-state index < -0.39 is 33.1 Å². The van der Waals surface area contributed by atoms with Crippen LogP contribution in [-0.2, 0) is 10.0 Å². The molecule has 1 unspecified atom stereocenters. The van der Waals surface area contributed by atoms with Gasteiger partial charge in [-0.1, -0.05) is 6.92 Å². The lowest BCUT2D eigenvalue weighted by Gasteiger charge is -2.44. The van der Waals surface area contributed by atoms with Gasteiger partial charge in [-0.25, -0.2) is 31.6 Å². The minimum Gasteiger partial charge on any atom is -0.481 e. The SMILES string of the molecule is CCC(C)N1CC(C)(C)Oc2c(F)cc(-c3nc(Nc4ccc(N5CCCCS5(=O)=O)c(F)c4)ncc3F)cc21. The van der Waals surface area contributed by atoms with Crippen LogP contribution in [0.25, 0.3) is 11.3 Å². The molecule has 3 aromatic rings. The Morgan fingerprint density at radius 3 is 2.55 bits per heavy atom. The molecule has 3 heterocycles. The summed E-state index contributed by atoms with van der Waals surface area (Å²) in [6.07, 6.45) is 2.96. The van der Waals surface area contributed by atoms with Crippen molar-refractivity contribution in [2.24, 2.45) is 0 Å². The number of ether oxygens (including phenoxy) is 1. The van der Waals surface area contributed by atoms with Crippen LogP contribution in [0.5, 0.6) is 5.75 Å². The number of anilines is 4. The third-order valence-electron chi connectivity index (χ3n) is 7.23. The highest BCUT2D eigenvalue weighted by atomic mass is 32.2. The first kappa shape index (κ1) is 28.0. The van der Waals surface area contributed by atoms with E-state index >= 15 is 4.39 Å². The van der Waals surface area contributed by atoms with Gasteiger partial charge in [-0.2, -0.15) is 0 Å². The minimum absolute atomic E-state index is 0.0269. The largest absolute Gasteiger partial charge is 0.481 e. The molecule has 2 aliphatic heterocycles. The van der Waals surface area contributed by atoms with Crippen LogP contribution in [0, 0.1) is 17.5 Å². The Kier molecular flexibility index (Phi) is 7.32. The van der Waals surface area contributed by atoms with E-state index in [1.807, 2.05) is 27.7 Å². The van der Waals surface area contributed by atoms with Gasteiger partial charge in [0, 0.05) is 23.8 Å². The summed E-state index contributed by atoms with van der Waals surface area (Å²) in [6.45, 7) is 8.59. The maximum atomic E-state index is 15.3. The van der Waals surface area contributed by atoms with Crippen molar-refractivity contribution >= 4 is 33.0 Å². The van der Waals surface area contributed by atoms with E-state index in [0.717, 1.165) is 23.0 Å². The van der Waals surface area contributed by atoms with Gasteiger partial charge in [-0.05, 0) is 70.4 Å². The average Bonchev–Trinajstić information content (AvgIpc) is 2.89. The zero-order valence-electron chi connectivity index (χ0n) is 22.8. The number of nitrogens with one attached hydrogen (secondary N) is 1. The van der Waals surface area contributed by atoms with Crippen molar-refractivity contribution in [1.82, 2.24) is 9.97 Å². The van der Waals surface area contributed by atoms with Gasteiger partial charge in [-0.15, -0.1) is 0 Å². The fourth-order valence-electron chi connectivity index (χ4n) is 5.05. The molecule has 1 aromatic heterocycles. The highest BCUT2D eigenvalue weighted by molar-refractivity contribution is 7.92. The maximum absolute atomic E-state index is 15.3. The predicted molar refractivity (Wildman–Crippen MR) is 149 cm³/mol. The number of benzene rings is 2.